The second-order valence-corrected chi connectivity index (χ2v) is 3.06. The summed E-state index contributed by atoms with van der Waals surface area (Å²) in [5, 5.41) is 8.71. The average molecular weight is 171 g/mol. The van der Waals surface area contributed by atoms with Crippen molar-refractivity contribution in [2.75, 3.05) is 6.61 Å². The molecule has 0 N–H and O–H groups in total. The third kappa shape index (κ3) is 1.29. The fourth-order valence-electron chi connectivity index (χ4n) is 1.40. The summed E-state index contributed by atoms with van der Waals surface area (Å²) in [6.45, 7) is 2.41. The van der Waals surface area contributed by atoms with Gasteiger partial charge in [-0.15, -0.1) is 0 Å². The highest BCUT2D eigenvalue weighted by Gasteiger charge is 2.11. The lowest BCUT2D eigenvalue weighted by Crippen LogP contribution is -2.06. The van der Waals surface area contributed by atoms with E-state index in [1.165, 1.54) is 0 Å². The van der Waals surface area contributed by atoms with Crippen molar-refractivity contribution in [1.82, 2.24) is 0 Å². The molecule has 64 valence electrons. The number of nitriles is 1. The van der Waals surface area contributed by atoms with Crippen molar-refractivity contribution in [3.63, 3.8) is 0 Å². The minimum Gasteiger partial charge on any atom is -0.488 e. The summed E-state index contributed by atoms with van der Waals surface area (Å²) >= 11 is 0. The first-order chi connectivity index (χ1) is 6.31. The molecule has 1 aliphatic heterocycles. The van der Waals surface area contributed by atoms with E-state index >= 15 is 0 Å². The van der Waals surface area contributed by atoms with Gasteiger partial charge in [-0.05, 0) is 24.6 Å². The molecule has 0 saturated carbocycles. The lowest BCUT2D eigenvalue weighted by molar-refractivity contribution is 0.351. The minimum absolute atomic E-state index is 0.396. The van der Waals surface area contributed by atoms with Gasteiger partial charge in [0.2, 0.25) is 0 Å². The molecule has 2 nitrogen and oxygen atoms in total. The molecule has 1 heterocycles. The zero-order chi connectivity index (χ0) is 9.26. The Bertz CT molecular complexity index is 413. The van der Waals surface area contributed by atoms with Gasteiger partial charge in [0.1, 0.15) is 12.4 Å². The number of hydrogen-bond acceptors (Lipinski definition) is 2. The summed E-state index contributed by atoms with van der Waals surface area (Å²) in [5.41, 5.74) is 2.86. The number of hydrogen-bond donors (Lipinski definition) is 0. The maximum absolute atomic E-state index is 8.71. The molecule has 2 rings (SSSR count). The first-order valence-corrected chi connectivity index (χ1v) is 4.14. The Balaban J connectivity index is 2.57. The van der Waals surface area contributed by atoms with Crippen molar-refractivity contribution in [1.29, 1.82) is 5.26 Å². The number of fused-ring (bicyclic) bond motifs is 1. The van der Waals surface area contributed by atoms with Gasteiger partial charge in [0.15, 0.2) is 0 Å². The summed E-state index contributed by atoms with van der Waals surface area (Å²) in [6, 6.07) is 8.00. The second-order valence-electron chi connectivity index (χ2n) is 3.06. The second kappa shape index (κ2) is 2.95. The number of aryl methyl sites for hydroxylation is 1. The molecule has 1 aromatic carbocycles. The SMILES string of the molecule is Cc1cccc2c1C=C(C#N)CO2. The standard InChI is InChI=1S/C11H9NO/c1-8-3-2-4-11-10(8)5-9(6-12)7-13-11/h2-5H,7H2,1H3. The van der Waals surface area contributed by atoms with E-state index in [9.17, 15) is 0 Å². The van der Waals surface area contributed by atoms with Crippen molar-refractivity contribution in [2.24, 2.45) is 0 Å². The van der Waals surface area contributed by atoms with E-state index in [-0.39, 0.29) is 0 Å². The molecule has 0 radical (unpaired) electrons. The van der Waals surface area contributed by atoms with Crippen LogP contribution in [0.4, 0.5) is 0 Å². The van der Waals surface area contributed by atoms with Gasteiger partial charge < -0.3 is 4.74 Å². The number of rotatable bonds is 0. The quantitative estimate of drug-likeness (QED) is 0.600. The molecule has 2 heteroatoms. The van der Waals surface area contributed by atoms with E-state index in [1.54, 1.807) is 0 Å². The van der Waals surface area contributed by atoms with E-state index in [4.69, 9.17) is 10.00 Å². The maximum atomic E-state index is 8.71. The van der Waals surface area contributed by atoms with Gasteiger partial charge in [-0.3, -0.25) is 0 Å². The lowest BCUT2D eigenvalue weighted by Gasteiger charge is -2.15. The van der Waals surface area contributed by atoms with Crippen LogP contribution in [0.3, 0.4) is 0 Å². The molecule has 13 heavy (non-hydrogen) atoms. The van der Waals surface area contributed by atoms with E-state index in [2.05, 4.69) is 6.07 Å². The van der Waals surface area contributed by atoms with Crippen LogP contribution in [-0.2, 0) is 0 Å². The zero-order valence-electron chi connectivity index (χ0n) is 7.37. The number of benzene rings is 1. The van der Waals surface area contributed by atoms with Crippen LogP contribution in [0.1, 0.15) is 11.1 Å². The van der Waals surface area contributed by atoms with Gasteiger partial charge in [-0.1, -0.05) is 12.1 Å². The van der Waals surface area contributed by atoms with E-state index < -0.39 is 0 Å². The van der Waals surface area contributed by atoms with Gasteiger partial charge >= 0.3 is 0 Å². The van der Waals surface area contributed by atoms with Crippen molar-refractivity contribution >= 4 is 6.08 Å². The minimum atomic E-state index is 0.396. The average Bonchev–Trinajstić information content (AvgIpc) is 2.18. The molecular weight excluding hydrogens is 162 g/mol. The van der Waals surface area contributed by atoms with Crippen molar-refractivity contribution in [3.05, 3.63) is 34.9 Å². The van der Waals surface area contributed by atoms with Gasteiger partial charge in [0.25, 0.3) is 0 Å². The molecule has 0 saturated heterocycles. The molecule has 0 aromatic heterocycles. The van der Waals surface area contributed by atoms with Crippen LogP contribution in [0.25, 0.3) is 6.08 Å². The Labute approximate surface area is 77.1 Å². The van der Waals surface area contributed by atoms with Gasteiger partial charge in [0, 0.05) is 5.56 Å². The van der Waals surface area contributed by atoms with Crippen LogP contribution >= 0.6 is 0 Å². The predicted molar refractivity (Wildman–Crippen MR) is 50.3 cm³/mol. The Hall–Kier alpha value is -1.75. The Morgan fingerprint density at radius 1 is 1.46 bits per heavy atom. The van der Waals surface area contributed by atoms with Gasteiger partial charge in [0.05, 0.1) is 11.6 Å². The Kier molecular flexibility index (Phi) is 1.79. The lowest BCUT2D eigenvalue weighted by atomic mass is 10.0. The summed E-state index contributed by atoms with van der Waals surface area (Å²) in [4.78, 5) is 0. The van der Waals surface area contributed by atoms with Gasteiger partial charge in [-0.2, -0.15) is 5.26 Å². The maximum Gasteiger partial charge on any atom is 0.127 e. The molecule has 0 amide bonds. The van der Waals surface area contributed by atoms with Crippen molar-refractivity contribution in [3.8, 4) is 11.8 Å². The summed E-state index contributed by atoms with van der Waals surface area (Å²) in [6.07, 6.45) is 1.90. The van der Waals surface area contributed by atoms with E-state index in [1.807, 2.05) is 31.2 Å². The molecule has 0 fully saturated rings. The summed E-state index contributed by atoms with van der Waals surface area (Å²) < 4.78 is 5.42. The summed E-state index contributed by atoms with van der Waals surface area (Å²) in [5.74, 6) is 0.874. The molecular formula is C11H9NO. The van der Waals surface area contributed by atoms with Crippen LogP contribution in [0.15, 0.2) is 23.8 Å². The van der Waals surface area contributed by atoms with E-state index in [0.717, 1.165) is 16.9 Å². The fourth-order valence-corrected chi connectivity index (χ4v) is 1.40. The largest absolute Gasteiger partial charge is 0.488 e. The predicted octanol–water partition coefficient (Wildman–Crippen LogP) is 2.29. The highest BCUT2D eigenvalue weighted by Crippen LogP contribution is 2.28. The van der Waals surface area contributed by atoms with Crippen LogP contribution in [-0.4, -0.2) is 6.61 Å². The molecule has 0 spiro atoms. The molecule has 1 aromatic rings. The third-order valence-corrected chi connectivity index (χ3v) is 2.13. The highest BCUT2D eigenvalue weighted by atomic mass is 16.5. The Morgan fingerprint density at radius 2 is 2.31 bits per heavy atom. The number of ether oxygens (including phenoxy) is 1. The van der Waals surface area contributed by atoms with Crippen molar-refractivity contribution in [2.45, 2.75) is 6.92 Å². The Morgan fingerprint density at radius 3 is 3.08 bits per heavy atom. The summed E-state index contributed by atoms with van der Waals surface area (Å²) in [7, 11) is 0. The normalized spacial score (nSPS) is 13.7. The van der Waals surface area contributed by atoms with Crippen LogP contribution in [0.2, 0.25) is 0 Å². The molecule has 0 unspecified atom stereocenters. The monoisotopic (exact) mass is 171 g/mol. The first kappa shape index (κ1) is 7.88. The highest BCUT2D eigenvalue weighted by molar-refractivity contribution is 5.67. The molecule has 0 atom stereocenters. The van der Waals surface area contributed by atoms with E-state index in [0.29, 0.717) is 12.2 Å². The van der Waals surface area contributed by atoms with Crippen LogP contribution < -0.4 is 4.74 Å². The third-order valence-electron chi connectivity index (χ3n) is 2.13. The first-order valence-electron chi connectivity index (χ1n) is 4.14. The smallest absolute Gasteiger partial charge is 0.127 e. The molecule has 0 aliphatic carbocycles. The number of nitrogens with zero attached hydrogens (tertiary/aromatic N) is 1. The van der Waals surface area contributed by atoms with Crippen LogP contribution in [0, 0.1) is 18.3 Å². The van der Waals surface area contributed by atoms with Gasteiger partial charge in [-0.25, -0.2) is 0 Å². The fraction of sp³-hybridized carbons (Fsp3) is 0.182. The van der Waals surface area contributed by atoms with Crippen LogP contribution in [0.5, 0.6) is 5.75 Å². The molecule has 0 bridgehead atoms. The molecule has 1 aliphatic rings. The van der Waals surface area contributed by atoms with Crippen molar-refractivity contribution < 1.29 is 4.74 Å². The topological polar surface area (TPSA) is 33.0 Å². The zero-order valence-corrected chi connectivity index (χ0v) is 7.37.